The van der Waals surface area contributed by atoms with Crippen molar-refractivity contribution in [2.75, 3.05) is 0 Å². The molecule has 0 aliphatic heterocycles. The van der Waals surface area contributed by atoms with E-state index in [1.54, 1.807) is 0 Å². The molecule has 3 rings (SSSR count). The van der Waals surface area contributed by atoms with Crippen molar-refractivity contribution in [3.05, 3.63) is 35.5 Å². The maximum Gasteiger partial charge on any atom is 0.0565 e. The van der Waals surface area contributed by atoms with Crippen LogP contribution in [0.3, 0.4) is 0 Å². The summed E-state index contributed by atoms with van der Waals surface area (Å²) in [6.45, 7) is 2.21. The van der Waals surface area contributed by atoms with Crippen LogP contribution in [-0.4, -0.2) is 4.57 Å². The second-order valence-corrected chi connectivity index (χ2v) is 4.95. The number of nitrogens with zero attached hydrogens (tertiary/aromatic N) is 1. The zero-order valence-corrected chi connectivity index (χ0v) is 9.96. The molecule has 16 heavy (non-hydrogen) atoms. The first-order valence-electron chi connectivity index (χ1n) is 6.02. The molecule has 0 radical (unpaired) electrons. The molecule has 2 N–H and O–H groups in total. The third-order valence-electron chi connectivity index (χ3n) is 3.86. The van der Waals surface area contributed by atoms with E-state index in [9.17, 15) is 0 Å². The largest absolute Gasteiger partial charge is 0.346 e. The fraction of sp³-hybridized carbons (Fsp3) is 0.429. The fourth-order valence-electron chi connectivity index (χ4n) is 2.60. The van der Waals surface area contributed by atoms with Crippen molar-refractivity contribution in [3.63, 3.8) is 0 Å². The topological polar surface area (TPSA) is 30.9 Å². The van der Waals surface area contributed by atoms with E-state index in [0.717, 1.165) is 19.3 Å². The van der Waals surface area contributed by atoms with Crippen LogP contribution in [0.15, 0.2) is 24.3 Å². The molecule has 2 heteroatoms. The SMILES string of the molecule is CCc1cccc2c1cc(C1(N)CC1)n2C. The van der Waals surface area contributed by atoms with Gasteiger partial charge in [0.05, 0.1) is 5.54 Å². The predicted molar refractivity (Wildman–Crippen MR) is 67.4 cm³/mol. The van der Waals surface area contributed by atoms with Crippen molar-refractivity contribution in [1.29, 1.82) is 0 Å². The highest BCUT2D eigenvalue weighted by Crippen LogP contribution is 2.44. The zero-order valence-electron chi connectivity index (χ0n) is 9.96. The summed E-state index contributed by atoms with van der Waals surface area (Å²) in [6, 6.07) is 8.83. The van der Waals surface area contributed by atoms with Crippen molar-refractivity contribution in [2.24, 2.45) is 12.8 Å². The van der Waals surface area contributed by atoms with Crippen molar-refractivity contribution < 1.29 is 0 Å². The lowest BCUT2D eigenvalue weighted by Crippen LogP contribution is -2.21. The van der Waals surface area contributed by atoms with Gasteiger partial charge in [0.15, 0.2) is 0 Å². The summed E-state index contributed by atoms with van der Waals surface area (Å²) in [5, 5.41) is 1.37. The Balaban J connectivity index is 2.29. The van der Waals surface area contributed by atoms with Crippen molar-refractivity contribution >= 4 is 10.9 Å². The molecule has 0 bridgehead atoms. The van der Waals surface area contributed by atoms with Gasteiger partial charge in [-0.3, -0.25) is 0 Å². The smallest absolute Gasteiger partial charge is 0.0565 e. The van der Waals surface area contributed by atoms with Crippen LogP contribution in [0.4, 0.5) is 0 Å². The van der Waals surface area contributed by atoms with Crippen LogP contribution in [0.5, 0.6) is 0 Å². The molecule has 1 heterocycles. The number of benzene rings is 1. The van der Waals surface area contributed by atoms with Gasteiger partial charge in [-0.1, -0.05) is 19.1 Å². The minimum absolute atomic E-state index is 0.0429. The fourth-order valence-corrected chi connectivity index (χ4v) is 2.60. The molecular formula is C14H18N2. The van der Waals surface area contributed by atoms with Crippen molar-refractivity contribution in [1.82, 2.24) is 4.57 Å². The third kappa shape index (κ3) is 1.23. The molecule has 1 saturated carbocycles. The van der Waals surface area contributed by atoms with Crippen LogP contribution in [0.2, 0.25) is 0 Å². The Morgan fingerprint density at radius 1 is 1.38 bits per heavy atom. The van der Waals surface area contributed by atoms with E-state index in [-0.39, 0.29) is 5.54 Å². The number of aromatic nitrogens is 1. The zero-order chi connectivity index (χ0) is 11.3. The first-order chi connectivity index (χ1) is 7.65. The quantitative estimate of drug-likeness (QED) is 0.818. The molecule has 1 aliphatic carbocycles. The average Bonchev–Trinajstić information content (AvgIpc) is 2.94. The molecule has 1 aromatic heterocycles. The van der Waals surface area contributed by atoms with Gasteiger partial charge in [-0.2, -0.15) is 0 Å². The van der Waals surface area contributed by atoms with Gasteiger partial charge in [-0.15, -0.1) is 0 Å². The lowest BCUT2D eigenvalue weighted by atomic mass is 10.1. The number of fused-ring (bicyclic) bond motifs is 1. The first kappa shape index (κ1) is 9.91. The highest BCUT2D eigenvalue weighted by molar-refractivity contribution is 5.85. The maximum atomic E-state index is 6.30. The monoisotopic (exact) mass is 214 g/mol. The van der Waals surface area contributed by atoms with E-state index in [1.807, 2.05) is 0 Å². The Bertz CT molecular complexity index is 547. The molecule has 84 valence electrons. The molecule has 1 aromatic carbocycles. The van der Waals surface area contributed by atoms with Gasteiger partial charge in [0.25, 0.3) is 0 Å². The van der Waals surface area contributed by atoms with Crippen LogP contribution in [0.25, 0.3) is 10.9 Å². The summed E-state index contributed by atoms with van der Waals surface area (Å²) in [4.78, 5) is 0. The molecule has 2 aromatic rings. The Kier molecular flexibility index (Phi) is 1.93. The van der Waals surface area contributed by atoms with Gasteiger partial charge in [-0.25, -0.2) is 0 Å². The summed E-state index contributed by atoms with van der Waals surface area (Å²) in [5.74, 6) is 0. The maximum absolute atomic E-state index is 6.30. The first-order valence-corrected chi connectivity index (χ1v) is 6.02. The summed E-state index contributed by atoms with van der Waals surface area (Å²) >= 11 is 0. The molecule has 1 aliphatic rings. The van der Waals surface area contributed by atoms with E-state index < -0.39 is 0 Å². The summed E-state index contributed by atoms with van der Waals surface area (Å²) in [5.41, 5.74) is 10.3. The van der Waals surface area contributed by atoms with E-state index >= 15 is 0 Å². The second-order valence-electron chi connectivity index (χ2n) is 4.95. The molecule has 0 amide bonds. The highest BCUT2D eigenvalue weighted by Gasteiger charge is 2.42. The Morgan fingerprint density at radius 3 is 2.75 bits per heavy atom. The van der Waals surface area contributed by atoms with Crippen LogP contribution >= 0.6 is 0 Å². The number of hydrogen-bond donors (Lipinski definition) is 1. The third-order valence-corrected chi connectivity index (χ3v) is 3.86. The van der Waals surface area contributed by atoms with Gasteiger partial charge in [0.2, 0.25) is 0 Å². The van der Waals surface area contributed by atoms with Gasteiger partial charge in [0, 0.05) is 23.6 Å². The molecule has 0 saturated heterocycles. The minimum Gasteiger partial charge on any atom is -0.346 e. The number of aryl methyl sites for hydroxylation is 2. The molecule has 0 spiro atoms. The predicted octanol–water partition coefficient (Wildman–Crippen LogP) is 2.69. The van der Waals surface area contributed by atoms with Crippen LogP contribution in [0, 0.1) is 0 Å². The number of hydrogen-bond acceptors (Lipinski definition) is 1. The molecular weight excluding hydrogens is 196 g/mol. The van der Waals surface area contributed by atoms with E-state index in [0.29, 0.717) is 0 Å². The van der Waals surface area contributed by atoms with Crippen molar-refractivity contribution in [2.45, 2.75) is 31.7 Å². The summed E-state index contributed by atoms with van der Waals surface area (Å²) in [7, 11) is 2.13. The Morgan fingerprint density at radius 2 is 2.12 bits per heavy atom. The summed E-state index contributed by atoms with van der Waals surface area (Å²) < 4.78 is 2.27. The normalized spacial score (nSPS) is 17.9. The lowest BCUT2D eigenvalue weighted by Gasteiger charge is -2.10. The Hall–Kier alpha value is -1.28. The van der Waals surface area contributed by atoms with Crippen molar-refractivity contribution in [3.8, 4) is 0 Å². The van der Waals surface area contributed by atoms with Crippen LogP contribution in [-0.2, 0) is 19.0 Å². The van der Waals surface area contributed by atoms with E-state index in [2.05, 4.69) is 42.8 Å². The molecule has 1 fully saturated rings. The van der Waals surface area contributed by atoms with Crippen LogP contribution < -0.4 is 5.73 Å². The minimum atomic E-state index is -0.0429. The molecule has 0 unspecified atom stereocenters. The lowest BCUT2D eigenvalue weighted by molar-refractivity contribution is 0.667. The van der Waals surface area contributed by atoms with Gasteiger partial charge in [-0.05, 0) is 37.0 Å². The standard InChI is InChI=1S/C14H18N2/c1-3-10-5-4-6-12-11(10)9-13(16(12)2)14(15)7-8-14/h4-6,9H,3,7-8,15H2,1-2H3. The number of nitrogens with two attached hydrogens (primary N) is 1. The van der Waals surface area contributed by atoms with E-state index in [1.165, 1.54) is 22.2 Å². The van der Waals surface area contributed by atoms with E-state index in [4.69, 9.17) is 5.73 Å². The Labute approximate surface area is 96.1 Å². The number of rotatable bonds is 2. The van der Waals surface area contributed by atoms with Crippen LogP contribution in [0.1, 0.15) is 31.0 Å². The molecule has 0 atom stereocenters. The van der Waals surface area contributed by atoms with Gasteiger partial charge in [0.1, 0.15) is 0 Å². The van der Waals surface area contributed by atoms with Gasteiger partial charge < -0.3 is 10.3 Å². The summed E-state index contributed by atoms with van der Waals surface area (Å²) in [6.07, 6.45) is 3.33. The average molecular weight is 214 g/mol. The van der Waals surface area contributed by atoms with Gasteiger partial charge >= 0.3 is 0 Å². The molecule has 2 nitrogen and oxygen atoms in total. The highest BCUT2D eigenvalue weighted by atomic mass is 15.0. The second kappa shape index (κ2) is 3.11.